The largest absolute Gasteiger partial charge is 0.343 e. The quantitative estimate of drug-likeness (QED) is 0.509. The van der Waals surface area contributed by atoms with Crippen LogP contribution < -0.4 is 10.7 Å². The van der Waals surface area contributed by atoms with Gasteiger partial charge in [-0.25, -0.2) is 14.8 Å². The van der Waals surface area contributed by atoms with E-state index in [1.807, 2.05) is 30.3 Å². The van der Waals surface area contributed by atoms with Gasteiger partial charge in [-0.05, 0) is 29.8 Å². The molecule has 0 aliphatic carbocycles. The average Bonchev–Trinajstić information content (AvgIpc) is 3.22. The summed E-state index contributed by atoms with van der Waals surface area (Å²) in [5, 5.41) is 3.06. The summed E-state index contributed by atoms with van der Waals surface area (Å²) in [4.78, 5) is 39.4. The van der Waals surface area contributed by atoms with Crippen LogP contribution >= 0.6 is 23.1 Å². The van der Waals surface area contributed by atoms with Crippen molar-refractivity contribution in [2.24, 2.45) is 0 Å². The van der Waals surface area contributed by atoms with Crippen molar-refractivity contribution in [3.05, 3.63) is 59.7 Å². The average molecular weight is 398 g/mol. The Balaban J connectivity index is 1.36. The molecule has 0 unspecified atom stereocenters. The number of rotatable bonds is 5. The smallest absolute Gasteiger partial charge is 0.275 e. The molecule has 1 aliphatic rings. The Hall–Kier alpha value is -2.91. The predicted octanol–water partition coefficient (Wildman–Crippen LogP) is 2.79. The lowest BCUT2D eigenvalue weighted by Crippen LogP contribution is -2.44. The van der Waals surface area contributed by atoms with Crippen LogP contribution in [0.25, 0.3) is 10.2 Å². The van der Waals surface area contributed by atoms with Crippen LogP contribution in [0.1, 0.15) is 15.9 Å². The van der Waals surface area contributed by atoms with Crippen LogP contribution in [0.3, 0.4) is 0 Å². The topological polar surface area (TPSA) is 91.4 Å². The van der Waals surface area contributed by atoms with Gasteiger partial charge in [0.1, 0.15) is 6.54 Å². The fraction of sp³-hybridized carbons (Fsp3) is 0.111. The molecule has 0 atom stereocenters. The Kier molecular flexibility index (Phi) is 4.78. The van der Waals surface area contributed by atoms with Crippen LogP contribution in [0.4, 0.5) is 4.79 Å². The van der Waals surface area contributed by atoms with Gasteiger partial charge in [0, 0.05) is 11.3 Å². The highest BCUT2D eigenvalue weighted by Gasteiger charge is 2.28. The van der Waals surface area contributed by atoms with E-state index in [1.165, 1.54) is 0 Å². The summed E-state index contributed by atoms with van der Waals surface area (Å²) in [7, 11) is 0. The lowest BCUT2D eigenvalue weighted by Gasteiger charge is -2.14. The number of hydrogen-bond donors (Lipinski definition) is 2. The Labute approximate surface area is 162 Å². The maximum atomic E-state index is 12.2. The van der Waals surface area contributed by atoms with E-state index in [0.29, 0.717) is 5.56 Å². The van der Waals surface area contributed by atoms with Gasteiger partial charge >= 0.3 is 6.03 Å². The van der Waals surface area contributed by atoms with Crippen molar-refractivity contribution in [1.29, 1.82) is 0 Å². The number of thiazole rings is 1. The van der Waals surface area contributed by atoms with Gasteiger partial charge < -0.3 is 0 Å². The zero-order chi connectivity index (χ0) is 18.8. The third-order valence-electron chi connectivity index (χ3n) is 3.88. The van der Waals surface area contributed by atoms with Crippen molar-refractivity contribution in [2.75, 3.05) is 6.54 Å². The molecule has 0 saturated carbocycles. The summed E-state index contributed by atoms with van der Waals surface area (Å²) >= 11 is 3.31. The molecule has 1 saturated heterocycles. The second kappa shape index (κ2) is 7.37. The fourth-order valence-corrected chi connectivity index (χ4v) is 4.55. The van der Waals surface area contributed by atoms with Crippen molar-refractivity contribution in [2.45, 2.75) is 10.1 Å². The number of fused-ring (bicyclic) bond motifs is 1. The summed E-state index contributed by atoms with van der Waals surface area (Å²) in [6.07, 6.45) is 0. The number of aromatic nitrogens is 1. The van der Waals surface area contributed by atoms with Gasteiger partial charge in [-0.3, -0.25) is 20.3 Å². The van der Waals surface area contributed by atoms with Crippen molar-refractivity contribution >= 4 is 51.2 Å². The normalized spacial score (nSPS) is 13.9. The van der Waals surface area contributed by atoms with Crippen LogP contribution in [0.5, 0.6) is 0 Å². The van der Waals surface area contributed by atoms with Gasteiger partial charge in [0.15, 0.2) is 4.34 Å². The molecule has 0 spiro atoms. The van der Waals surface area contributed by atoms with E-state index in [9.17, 15) is 14.4 Å². The predicted molar refractivity (Wildman–Crippen MR) is 103 cm³/mol. The van der Waals surface area contributed by atoms with E-state index in [4.69, 9.17) is 0 Å². The van der Waals surface area contributed by atoms with E-state index in [2.05, 4.69) is 21.8 Å². The van der Waals surface area contributed by atoms with Gasteiger partial charge in [-0.1, -0.05) is 36.0 Å². The zero-order valence-electron chi connectivity index (χ0n) is 14.0. The third-order valence-corrected chi connectivity index (χ3v) is 6.13. The summed E-state index contributed by atoms with van der Waals surface area (Å²) < 4.78 is 2.17. The van der Waals surface area contributed by atoms with Crippen LogP contribution in [0.15, 0.2) is 52.9 Å². The number of para-hydroxylation sites is 1. The van der Waals surface area contributed by atoms with E-state index in [1.54, 1.807) is 35.2 Å². The first-order chi connectivity index (χ1) is 13.1. The van der Waals surface area contributed by atoms with Gasteiger partial charge in [-0.2, -0.15) is 0 Å². The number of hydrogen-bond acceptors (Lipinski definition) is 6. The van der Waals surface area contributed by atoms with Crippen LogP contribution in [0.2, 0.25) is 0 Å². The van der Waals surface area contributed by atoms with Crippen LogP contribution in [0, 0.1) is 0 Å². The van der Waals surface area contributed by atoms with Gasteiger partial charge in [0.25, 0.3) is 5.91 Å². The zero-order valence-corrected chi connectivity index (χ0v) is 15.6. The first-order valence-corrected chi connectivity index (χ1v) is 9.88. The number of nitrogens with one attached hydrogen (secondary N) is 2. The second-order valence-corrected chi connectivity index (χ2v) is 8.07. The molecule has 136 valence electrons. The highest BCUT2D eigenvalue weighted by atomic mass is 32.2. The van der Waals surface area contributed by atoms with E-state index in [-0.39, 0.29) is 6.54 Å². The summed E-state index contributed by atoms with van der Waals surface area (Å²) in [5.74, 6) is -0.141. The summed E-state index contributed by atoms with van der Waals surface area (Å²) in [5.41, 5.74) is 4.89. The number of hydrazine groups is 1. The van der Waals surface area contributed by atoms with Gasteiger partial charge in [-0.15, -0.1) is 11.3 Å². The number of nitrogens with zero attached hydrogens (tertiary/aromatic N) is 2. The van der Waals surface area contributed by atoms with Crippen LogP contribution in [-0.4, -0.2) is 34.4 Å². The molecule has 3 aromatic rings. The third kappa shape index (κ3) is 3.93. The first-order valence-electron chi connectivity index (χ1n) is 8.08. The van der Waals surface area contributed by atoms with Crippen molar-refractivity contribution in [3.8, 4) is 0 Å². The Morgan fingerprint density at radius 1 is 1.19 bits per heavy atom. The highest BCUT2D eigenvalue weighted by Crippen LogP contribution is 2.31. The minimum Gasteiger partial charge on any atom is -0.275 e. The molecule has 2 heterocycles. The maximum Gasteiger partial charge on any atom is 0.343 e. The molecule has 2 N–H and O–H groups in total. The Morgan fingerprint density at radius 2 is 1.96 bits per heavy atom. The van der Waals surface area contributed by atoms with Crippen molar-refractivity contribution in [1.82, 2.24) is 20.7 Å². The van der Waals surface area contributed by atoms with Crippen molar-refractivity contribution in [3.63, 3.8) is 0 Å². The summed E-state index contributed by atoms with van der Waals surface area (Å²) in [6.45, 7) is -0.179. The molecular formula is C18H14N4O3S2. The first kappa shape index (κ1) is 17.5. The lowest BCUT2D eigenvalue weighted by molar-refractivity contribution is -0.118. The molecule has 0 bridgehead atoms. The van der Waals surface area contributed by atoms with Gasteiger partial charge in [0.05, 0.1) is 10.2 Å². The molecular weight excluding hydrogens is 384 g/mol. The maximum absolute atomic E-state index is 12.2. The van der Waals surface area contributed by atoms with Crippen molar-refractivity contribution < 1.29 is 14.4 Å². The molecule has 1 aromatic heterocycles. The number of carbonyl (C=O) groups is 3. The van der Waals surface area contributed by atoms with E-state index >= 15 is 0 Å². The lowest BCUT2D eigenvalue weighted by atomic mass is 10.1. The monoisotopic (exact) mass is 398 g/mol. The fourth-order valence-electron chi connectivity index (χ4n) is 2.53. The minimum atomic E-state index is -0.628. The molecule has 4 amide bonds. The molecule has 2 aromatic carbocycles. The number of thioether (sulfide) groups is 1. The van der Waals surface area contributed by atoms with Gasteiger partial charge in [0.2, 0.25) is 5.91 Å². The molecule has 7 nitrogen and oxygen atoms in total. The SMILES string of the molecule is O=C1CN(NC(=O)c2ccc(CSc3nc4ccccc4s3)cc2)C(=O)N1. The van der Waals surface area contributed by atoms with Crippen LogP contribution in [-0.2, 0) is 10.5 Å². The Bertz CT molecular complexity index is 1000. The summed E-state index contributed by atoms with van der Waals surface area (Å²) in [6, 6.07) is 14.5. The van der Waals surface area contributed by atoms with E-state index < -0.39 is 17.8 Å². The minimum absolute atomic E-state index is 0.179. The molecule has 27 heavy (non-hydrogen) atoms. The second-order valence-electron chi connectivity index (χ2n) is 5.81. The Morgan fingerprint density at radius 3 is 2.67 bits per heavy atom. The van der Waals surface area contributed by atoms with E-state index in [0.717, 1.165) is 30.9 Å². The number of benzene rings is 2. The molecule has 0 radical (unpaired) electrons. The standard InChI is InChI=1S/C18H14N4O3S2/c23-15-9-22(17(25)20-15)21-16(24)12-7-5-11(6-8-12)10-26-18-19-13-3-1-2-4-14(13)27-18/h1-8H,9-10H2,(H,21,24)(H,20,23,25). The number of carbonyl (C=O) groups excluding carboxylic acids is 3. The number of imide groups is 1. The molecule has 4 rings (SSSR count). The number of amides is 4. The molecule has 1 fully saturated rings. The highest BCUT2D eigenvalue weighted by molar-refractivity contribution is 8.00. The number of urea groups is 1. The molecule has 1 aliphatic heterocycles. The molecule has 9 heteroatoms.